The van der Waals surface area contributed by atoms with Gasteiger partial charge >= 0.3 is 0 Å². The number of hydrogen-bond donors (Lipinski definition) is 1. The van der Waals surface area contributed by atoms with E-state index in [9.17, 15) is 4.39 Å². The zero-order valence-electron chi connectivity index (χ0n) is 11.5. The Labute approximate surface area is 104 Å². The van der Waals surface area contributed by atoms with Crippen LogP contribution in [0.2, 0.25) is 0 Å². The standard InChI is InChI=1S/C15H24FN/c1-9(2)14(8-17)15(16)13-7-11(4)10(3)6-12(13)5/h6-7,9,14-15H,8,17H2,1-5H3. The number of benzene rings is 1. The van der Waals surface area contributed by atoms with Crippen LogP contribution in [-0.4, -0.2) is 6.54 Å². The molecule has 1 rings (SSSR count). The maximum Gasteiger partial charge on any atom is 0.130 e. The van der Waals surface area contributed by atoms with Crippen LogP contribution in [0, 0.1) is 32.6 Å². The minimum absolute atomic E-state index is 0.101. The van der Waals surface area contributed by atoms with Gasteiger partial charge in [-0.3, -0.25) is 0 Å². The average molecular weight is 237 g/mol. The highest BCUT2D eigenvalue weighted by molar-refractivity contribution is 5.38. The third-order valence-electron chi connectivity index (χ3n) is 3.68. The van der Waals surface area contributed by atoms with Crippen molar-refractivity contribution in [3.8, 4) is 0 Å². The van der Waals surface area contributed by atoms with Crippen molar-refractivity contribution in [2.75, 3.05) is 6.54 Å². The molecule has 2 heteroatoms. The third-order valence-corrected chi connectivity index (χ3v) is 3.68. The van der Waals surface area contributed by atoms with E-state index < -0.39 is 6.17 Å². The van der Waals surface area contributed by atoms with Crippen molar-refractivity contribution < 1.29 is 4.39 Å². The Morgan fingerprint density at radius 1 is 1.06 bits per heavy atom. The van der Waals surface area contributed by atoms with Gasteiger partial charge in [0, 0.05) is 5.92 Å². The fourth-order valence-corrected chi connectivity index (χ4v) is 2.24. The molecule has 1 aromatic rings. The minimum Gasteiger partial charge on any atom is -0.330 e. The number of hydrogen-bond acceptors (Lipinski definition) is 1. The molecule has 0 amide bonds. The molecule has 0 spiro atoms. The van der Waals surface area contributed by atoms with Crippen molar-refractivity contribution in [2.24, 2.45) is 17.6 Å². The van der Waals surface area contributed by atoms with Gasteiger partial charge in [0.15, 0.2) is 0 Å². The van der Waals surface area contributed by atoms with Gasteiger partial charge in [-0.25, -0.2) is 4.39 Å². The molecule has 2 atom stereocenters. The lowest BCUT2D eigenvalue weighted by Gasteiger charge is -2.25. The topological polar surface area (TPSA) is 26.0 Å². The first kappa shape index (κ1) is 14.2. The highest BCUT2D eigenvalue weighted by atomic mass is 19.1. The highest BCUT2D eigenvalue weighted by Gasteiger charge is 2.26. The second-order valence-corrected chi connectivity index (χ2v) is 5.34. The molecule has 2 unspecified atom stereocenters. The molecule has 0 aliphatic carbocycles. The molecule has 0 aliphatic rings. The first-order chi connectivity index (χ1) is 7.88. The van der Waals surface area contributed by atoms with Crippen LogP contribution in [0.5, 0.6) is 0 Å². The summed E-state index contributed by atoms with van der Waals surface area (Å²) in [5, 5.41) is 0. The number of alkyl halides is 1. The monoisotopic (exact) mass is 237 g/mol. The van der Waals surface area contributed by atoms with E-state index in [4.69, 9.17) is 5.73 Å². The third kappa shape index (κ3) is 3.06. The highest BCUT2D eigenvalue weighted by Crippen LogP contribution is 2.33. The van der Waals surface area contributed by atoms with Crippen LogP contribution in [0.3, 0.4) is 0 Å². The maximum absolute atomic E-state index is 14.5. The van der Waals surface area contributed by atoms with Gasteiger partial charge in [-0.05, 0) is 55.5 Å². The zero-order valence-corrected chi connectivity index (χ0v) is 11.5. The second-order valence-electron chi connectivity index (χ2n) is 5.34. The van der Waals surface area contributed by atoms with E-state index in [1.807, 2.05) is 33.8 Å². The van der Waals surface area contributed by atoms with Gasteiger partial charge in [-0.2, -0.15) is 0 Å². The van der Waals surface area contributed by atoms with Crippen molar-refractivity contribution >= 4 is 0 Å². The van der Waals surface area contributed by atoms with Gasteiger partial charge in [0.05, 0.1) is 0 Å². The summed E-state index contributed by atoms with van der Waals surface area (Å²) in [6.45, 7) is 10.5. The Morgan fingerprint density at radius 3 is 2.06 bits per heavy atom. The number of nitrogens with two attached hydrogens (primary N) is 1. The minimum atomic E-state index is -0.959. The van der Waals surface area contributed by atoms with E-state index in [0.717, 1.165) is 16.7 Å². The van der Waals surface area contributed by atoms with Gasteiger partial charge in [-0.15, -0.1) is 0 Å². The van der Waals surface area contributed by atoms with E-state index in [1.165, 1.54) is 5.56 Å². The van der Waals surface area contributed by atoms with Crippen LogP contribution in [0.25, 0.3) is 0 Å². The molecule has 0 saturated heterocycles. The Morgan fingerprint density at radius 2 is 1.59 bits per heavy atom. The summed E-state index contributed by atoms with van der Waals surface area (Å²) in [7, 11) is 0. The van der Waals surface area contributed by atoms with E-state index in [-0.39, 0.29) is 11.8 Å². The molecular weight excluding hydrogens is 213 g/mol. The molecular formula is C15H24FN. The molecule has 0 bridgehead atoms. The van der Waals surface area contributed by atoms with Crippen LogP contribution < -0.4 is 5.73 Å². The fourth-order valence-electron chi connectivity index (χ4n) is 2.24. The predicted octanol–water partition coefficient (Wildman–Crippen LogP) is 3.85. The summed E-state index contributed by atoms with van der Waals surface area (Å²) in [5.74, 6) is 0.159. The normalized spacial score (nSPS) is 15.1. The van der Waals surface area contributed by atoms with Gasteiger partial charge < -0.3 is 5.73 Å². The summed E-state index contributed by atoms with van der Waals surface area (Å²) in [5.41, 5.74) is 9.88. The molecule has 1 nitrogen and oxygen atoms in total. The Balaban J connectivity index is 3.11. The predicted molar refractivity (Wildman–Crippen MR) is 71.9 cm³/mol. The molecule has 0 fully saturated rings. The summed E-state index contributed by atoms with van der Waals surface area (Å²) in [6, 6.07) is 4.03. The molecule has 96 valence electrons. The van der Waals surface area contributed by atoms with Crippen LogP contribution in [-0.2, 0) is 0 Å². The lowest BCUT2D eigenvalue weighted by atomic mass is 9.85. The lowest BCUT2D eigenvalue weighted by molar-refractivity contribution is 0.188. The average Bonchev–Trinajstić information content (AvgIpc) is 2.23. The van der Waals surface area contributed by atoms with Crippen LogP contribution in [0.1, 0.15) is 42.3 Å². The molecule has 0 radical (unpaired) electrons. The summed E-state index contributed by atoms with van der Waals surface area (Å²) in [4.78, 5) is 0. The van der Waals surface area contributed by atoms with Crippen molar-refractivity contribution in [3.05, 3.63) is 34.4 Å². The van der Waals surface area contributed by atoms with E-state index in [1.54, 1.807) is 0 Å². The number of halogens is 1. The van der Waals surface area contributed by atoms with Crippen molar-refractivity contribution in [3.63, 3.8) is 0 Å². The maximum atomic E-state index is 14.5. The summed E-state index contributed by atoms with van der Waals surface area (Å²) < 4.78 is 14.5. The van der Waals surface area contributed by atoms with E-state index in [2.05, 4.69) is 13.0 Å². The lowest BCUT2D eigenvalue weighted by Crippen LogP contribution is -2.25. The van der Waals surface area contributed by atoms with Gasteiger partial charge in [-0.1, -0.05) is 26.0 Å². The first-order valence-corrected chi connectivity index (χ1v) is 6.30. The molecule has 0 aliphatic heterocycles. The molecule has 1 aromatic carbocycles. The van der Waals surface area contributed by atoms with Crippen LogP contribution >= 0.6 is 0 Å². The molecule has 0 saturated carbocycles. The Kier molecular flexibility index (Phi) is 4.70. The quantitative estimate of drug-likeness (QED) is 0.845. The molecule has 0 aromatic heterocycles. The summed E-state index contributed by atoms with van der Waals surface area (Å²) >= 11 is 0. The number of rotatable bonds is 4. The van der Waals surface area contributed by atoms with E-state index in [0.29, 0.717) is 6.54 Å². The van der Waals surface area contributed by atoms with E-state index >= 15 is 0 Å². The largest absolute Gasteiger partial charge is 0.330 e. The fraction of sp³-hybridized carbons (Fsp3) is 0.600. The summed E-state index contributed by atoms with van der Waals surface area (Å²) in [6.07, 6.45) is -0.959. The molecule has 0 heterocycles. The Hall–Kier alpha value is -0.890. The van der Waals surface area contributed by atoms with Gasteiger partial charge in [0.2, 0.25) is 0 Å². The van der Waals surface area contributed by atoms with Crippen LogP contribution in [0.4, 0.5) is 4.39 Å². The van der Waals surface area contributed by atoms with Crippen molar-refractivity contribution in [2.45, 2.75) is 40.8 Å². The Bertz CT molecular complexity index is 385. The van der Waals surface area contributed by atoms with Gasteiger partial charge in [0.1, 0.15) is 6.17 Å². The first-order valence-electron chi connectivity index (χ1n) is 6.30. The number of aryl methyl sites for hydroxylation is 3. The zero-order chi connectivity index (χ0) is 13.2. The van der Waals surface area contributed by atoms with Gasteiger partial charge in [0.25, 0.3) is 0 Å². The molecule has 2 N–H and O–H groups in total. The van der Waals surface area contributed by atoms with Crippen molar-refractivity contribution in [1.82, 2.24) is 0 Å². The molecule has 17 heavy (non-hydrogen) atoms. The SMILES string of the molecule is Cc1cc(C)c(C(F)C(CN)C(C)C)cc1C. The smallest absolute Gasteiger partial charge is 0.130 e. The van der Waals surface area contributed by atoms with Crippen molar-refractivity contribution in [1.29, 1.82) is 0 Å². The van der Waals surface area contributed by atoms with Crippen LogP contribution in [0.15, 0.2) is 12.1 Å². The second kappa shape index (κ2) is 5.63.